The second-order valence-corrected chi connectivity index (χ2v) is 9.42. The van der Waals surface area contributed by atoms with E-state index in [1.807, 2.05) is 18.2 Å². The summed E-state index contributed by atoms with van der Waals surface area (Å²) in [4.78, 5) is 17.1. The first-order chi connectivity index (χ1) is 13.8. The summed E-state index contributed by atoms with van der Waals surface area (Å²) in [7, 11) is -1.98. The van der Waals surface area contributed by atoms with Crippen LogP contribution in [0, 0.1) is 16.0 Å². The number of rotatable bonds is 7. The Kier molecular flexibility index (Phi) is 6.49. The number of nitro groups is 1. The minimum atomic E-state index is -3.74. The Morgan fingerprint density at radius 2 is 1.97 bits per heavy atom. The maximum absolute atomic E-state index is 12.9. The van der Waals surface area contributed by atoms with Gasteiger partial charge in [0.1, 0.15) is 5.69 Å². The van der Waals surface area contributed by atoms with E-state index in [4.69, 9.17) is 0 Å². The predicted molar refractivity (Wildman–Crippen MR) is 111 cm³/mol. The third-order valence-corrected chi connectivity index (χ3v) is 7.26. The zero-order chi connectivity index (χ0) is 21.0. The molecule has 1 aromatic carbocycles. The highest BCUT2D eigenvalue weighted by atomic mass is 32.2. The molecular formula is C20H26N4O4S. The van der Waals surface area contributed by atoms with Crippen molar-refractivity contribution >= 4 is 21.4 Å². The number of piperidine rings is 1. The molecule has 0 radical (unpaired) electrons. The van der Waals surface area contributed by atoms with Crippen LogP contribution in [0.25, 0.3) is 0 Å². The molecule has 1 aromatic heterocycles. The average Bonchev–Trinajstić information content (AvgIpc) is 2.72. The lowest BCUT2D eigenvalue weighted by molar-refractivity contribution is -0.384. The average molecular weight is 419 g/mol. The van der Waals surface area contributed by atoms with Crippen molar-refractivity contribution in [2.24, 2.45) is 5.92 Å². The fraction of sp³-hybridized carbons (Fsp3) is 0.450. The minimum absolute atomic E-state index is 0.0272. The van der Waals surface area contributed by atoms with E-state index in [9.17, 15) is 18.5 Å². The summed E-state index contributed by atoms with van der Waals surface area (Å²) < 4.78 is 27.3. The molecule has 2 aromatic rings. The summed E-state index contributed by atoms with van der Waals surface area (Å²) in [5.41, 5.74) is 1.07. The van der Waals surface area contributed by atoms with Crippen LogP contribution in [0.4, 0.5) is 11.4 Å². The molecule has 1 aliphatic heterocycles. The van der Waals surface area contributed by atoms with Gasteiger partial charge >= 0.3 is 0 Å². The van der Waals surface area contributed by atoms with Gasteiger partial charge in [-0.3, -0.25) is 15.1 Å². The lowest BCUT2D eigenvalue weighted by Gasteiger charge is -2.29. The van der Waals surface area contributed by atoms with Gasteiger partial charge in [0.2, 0.25) is 10.0 Å². The fourth-order valence-corrected chi connectivity index (χ4v) is 4.95. The molecular weight excluding hydrogens is 392 g/mol. The normalized spacial score (nSPS) is 15.9. The first-order valence-corrected chi connectivity index (χ1v) is 11.1. The van der Waals surface area contributed by atoms with E-state index in [2.05, 4.69) is 11.9 Å². The molecule has 0 saturated carbocycles. The number of likely N-dealkylation sites (N-methyl/N-ethyl adjacent to an activating group) is 1. The molecule has 1 aliphatic rings. The van der Waals surface area contributed by atoms with Crippen molar-refractivity contribution in [3.05, 3.63) is 58.4 Å². The molecule has 0 unspecified atom stereocenters. The Labute approximate surface area is 171 Å². The van der Waals surface area contributed by atoms with Gasteiger partial charge in [0.15, 0.2) is 0 Å². The van der Waals surface area contributed by atoms with Gasteiger partial charge in [-0.15, -0.1) is 0 Å². The van der Waals surface area contributed by atoms with Crippen molar-refractivity contribution in [3.63, 3.8) is 0 Å². The highest BCUT2D eigenvalue weighted by Crippen LogP contribution is 2.32. The van der Waals surface area contributed by atoms with Gasteiger partial charge in [0, 0.05) is 51.1 Å². The zero-order valence-corrected chi connectivity index (χ0v) is 17.5. The van der Waals surface area contributed by atoms with Crippen LogP contribution in [-0.4, -0.2) is 49.3 Å². The van der Waals surface area contributed by atoms with Crippen LogP contribution < -0.4 is 4.90 Å². The standard InChI is InChI=1S/C20H26N4O4S/c1-16-8-13-23(14-9-16)29(27,28)18-6-7-19(20(15-18)24(25)26)22(2)12-10-17-5-3-4-11-21-17/h3-7,11,15-16H,8-10,12-14H2,1-2H3. The molecule has 0 bridgehead atoms. The number of nitrogens with zero attached hydrogens (tertiary/aromatic N) is 4. The van der Waals surface area contributed by atoms with Crippen LogP contribution in [0.15, 0.2) is 47.5 Å². The van der Waals surface area contributed by atoms with E-state index in [-0.39, 0.29) is 10.6 Å². The monoisotopic (exact) mass is 418 g/mol. The number of aromatic nitrogens is 1. The Morgan fingerprint density at radius 3 is 2.59 bits per heavy atom. The van der Waals surface area contributed by atoms with Crippen molar-refractivity contribution in [1.29, 1.82) is 0 Å². The Balaban J connectivity index is 1.82. The number of hydrogen-bond donors (Lipinski definition) is 0. The van der Waals surface area contributed by atoms with E-state index < -0.39 is 14.9 Å². The third kappa shape index (κ3) is 4.91. The van der Waals surface area contributed by atoms with Gasteiger partial charge in [0.25, 0.3) is 5.69 Å². The molecule has 0 amide bonds. The lowest BCUT2D eigenvalue weighted by Crippen LogP contribution is -2.37. The summed E-state index contributed by atoms with van der Waals surface area (Å²) in [5.74, 6) is 0.492. The molecule has 1 saturated heterocycles. The van der Waals surface area contributed by atoms with Gasteiger partial charge in [-0.1, -0.05) is 13.0 Å². The number of sulfonamides is 1. The third-order valence-electron chi connectivity index (χ3n) is 5.36. The molecule has 1 fully saturated rings. The van der Waals surface area contributed by atoms with Crippen LogP contribution >= 0.6 is 0 Å². The van der Waals surface area contributed by atoms with Gasteiger partial charge in [-0.2, -0.15) is 4.31 Å². The molecule has 3 rings (SSSR count). The summed E-state index contributed by atoms with van der Waals surface area (Å²) in [6.45, 7) is 3.52. The molecule has 0 aliphatic carbocycles. The summed E-state index contributed by atoms with van der Waals surface area (Å²) in [6.07, 6.45) is 3.94. The summed E-state index contributed by atoms with van der Waals surface area (Å²) in [6, 6.07) is 9.80. The van der Waals surface area contributed by atoms with Crippen LogP contribution in [0.3, 0.4) is 0 Å². The number of benzene rings is 1. The Morgan fingerprint density at radius 1 is 1.24 bits per heavy atom. The smallest absolute Gasteiger partial charge is 0.293 e. The maximum atomic E-state index is 12.9. The second kappa shape index (κ2) is 8.87. The van der Waals surface area contributed by atoms with Crippen LogP contribution in [0.2, 0.25) is 0 Å². The highest BCUT2D eigenvalue weighted by Gasteiger charge is 2.30. The van der Waals surface area contributed by atoms with Gasteiger partial charge in [0.05, 0.1) is 9.82 Å². The minimum Gasteiger partial charge on any atom is -0.369 e. The quantitative estimate of drug-likeness (QED) is 0.506. The van der Waals surface area contributed by atoms with Crippen molar-refractivity contribution < 1.29 is 13.3 Å². The zero-order valence-electron chi connectivity index (χ0n) is 16.7. The molecule has 0 N–H and O–H groups in total. The maximum Gasteiger partial charge on any atom is 0.293 e. The number of anilines is 1. The fourth-order valence-electron chi connectivity index (χ4n) is 3.46. The van der Waals surface area contributed by atoms with E-state index in [1.165, 1.54) is 22.5 Å². The topological polar surface area (TPSA) is 96.7 Å². The number of nitro benzene ring substituents is 1. The summed E-state index contributed by atoms with van der Waals surface area (Å²) >= 11 is 0. The molecule has 156 valence electrons. The number of hydrogen-bond acceptors (Lipinski definition) is 6. The van der Waals surface area contributed by atoms with E-state index in [1.54, 1.807) is 18.1 Å². The van der Waals surface area contributed by atoms with E-state index >= 15 is 0 Å². The van der Waals surface area contributed by atoms with Gasteiger partial charge in [-0.05, 0) is 43.0 Å². The van der Waals surface area contributed by atoms with Crippen LogP contribution in [0.1, 0.15) is 25.5 Å². The molecule has 9 heteroatoms. The van der Waals surface area contributed by atoms with Gasteiger partial charge in [-0.25, -0.2) is 8.42 Å². The molecule has 2 heterocycles. The molecule has 0 spiro atoms. The Bertz CT molecular complexity index is 958. The molecule has 0 atom stereocenters. The predicted octanol–water partition coefficient (Wildman–Crippen LogP) is 3.09. The number of pyridine rings is 1. The molecule has 8 nitrogen and oxygen atoms in total. The van der Waals surface area contributed by atoms with E-state index in [0.717, 1.165) is 18.5 Å². The van der Waals surface area contributed by atoms with Crippen molar-refractivity contribution in [2.75, 3.05) is 31.6 Å². The van der Waals surface area contributed by atoms with Gasteiger partial charge < -0.3 is 4.90 Å². The highest BCUT2D eigenvalue weighted by molar-refractivity contribution is 7.89. The van der Waals surface area contributed by atoms with Crippen LogP contribution in [-0.2, 0) is 16.4 Å². The van der Waals surface area contributed by atoms with Crippen molar-refractivity contribution in [2.45, 2.75) is 31.1 Å². The largest absolute Gasteiger partial charge is 0.369 e. The molecule has 29 heavy (non-hydrogen) atoms. The van der Waals surface area contributed by atoms with E-state index in [0.29, 0.717) is 37.7 Å². The lowest BCUT2D eigenvalue weighted by atomic mass is 10.0. The van der Waals surface area contributed by atoms with Crippen molar-refractivity contribution in [3.8, 4) is 0 Å². The first-order valence-electron chi connectivity index (χ1n) is 9.68. The Hall–Kier alpha value is -2.52. The van der Waals surface area contributed by atoms with Crippen molar-refractivity contribution in [1.82, 2.24) is 9.29 Å². The van der Waals surface area contributed by atoms with Crippen LogP contribution in [0.5, 0.6) is 0 Å². The summed E-state index contributed by atoms with van der Waals surface area (Å²) in [5, 5.41) is 11.7. The first kappa shape index (κ1) is 21.2. The second-order valence-electron chi connectivity index (χ2n) is 7.49. The SMILES string of the molecule is CC1CCN(S(=O)(=O)c2ccc(N(C)CCc3ccccn3)c([N+](=O)[O-])c2)CC1.